The molecule has 3 aromatic rings. The highest BCUT2D eigenvalue weighted by Gasteiger charge is 2.36. The van der Waals surface area contributed by atoms with Gasteiger partial charge in [-0.05, 0) is 37.3 Å². The topological polar surface area (TPSA) is 93.7 Å². The Balaban J connectivity index is 1.53. The van der Waals surface area contributed by atoms with Gasteiger partial charge in [-0.2, -0.15) is 0 Å². The fourth-order valence-corrected chi connectivity index (χ4v) is 3.16. The Morgan fingerprint density at radius 1 is 1.16 bits per heavy atom. The number of fused-ring (bicyclic) bond motifs is 1. The summed E-state index contributed by atoms with van der Waals surface area (Å²) in [5, 5.41) is 2.67. The molecule has 4 rings (SSSR count). The Morgan fingerprint density at radius 3 is 2.77 bits per heavy atom. The number of halogens is 1. The Morgan fingerprint density at radius 2 is 1.97 bits per heavy atom. The molecule has 0 radical (unpaired) electrons. The summed E-state index contributed by atoms with van der Waals surface area (Å²) in [7, 11) is 1.57. The predicted octanol–water partition coefficient (Wildman–Crippen LogP) is 2.95. The third-order valence-electron chi connectivity index (χ3n) is 4.76. The molecule has 1 aliphatic rings. The van der Waals surface area contributed by atoms with Crippen LogP contribution in [-0.2, 0) is 4.79 Å². The number of pyridine rings is 2. The molecule has 1 aromatic carbocycles. The van der Waals surface area contributed by atoms with Crippen LogP contribution in [0.3, 0.4) is 0 Å². The largest absolute Gasteiger partial charge is 0.484 e. The Labute approximate surface area is 177 Å². The van der Waals surface area contributed by atoms with E-state index < -0.39 is 23.9 Å². The van der Waals surface area contributed by atoms with Gasteiger partial charge in [-0.15, -0.1) is 0 Å². The van der Waals surface area contributed by atoms with Gasteiger partial charge in [-0.25, -0.2) is 9.37 Å². The van der Waals surface area contributed by atoms with Crippen molar-refractivity contribution in [3.8, 4) is 17.2 Å². The summed E-state index contributed by atoms with van der Waals surface area (Å²) >= 11 is 0. The molecule has 1 aliphatic heterocycles. The van der Waals surface area contributed by atoms with Crippen LogP contribution in [0.15, 0.2) is 60.9 Å². The van der Waals surface area contributed by atoms with Crippen molar-refractivity contribution in [1.82, 2.24) is 15.3 Å². The minimum atomic E-state index is -0.968. The molecule has 158 valence electrons. The number of likely N-dealkylation sites (N-methyl/N-ethyl adjacent to an activating group) is 1. The van der Waals surface area contributed by atoms with Crippen LogP contribution >= 0.6 is 0 Å². The van der Waals surface area contributed by atoms with Gasteiger partial charge in [0.05, 0.1) is 0 Å². The van der Waals surface area contributed by atoms with Crippen LogP contribution in [0.1, 0.15) is 17.4 Å². The first kappa shape index (κ1) is 20.3. The summed E-state index contributed by atoms with van der Waals surface area (Å²) in [6.07, 6.45) is 2.27. The molecule has 2 amide bonds. The molecule has 0 spiro atoms. The highest BCUT2D eigenvalue weighted by molar-refractivity contribution is 6.02. The Bertz CT molecular complexity index is 1140. The molecule has 3 heterocycles. The van der Waals surface area contributed by atoms with E-state index >= 15 is 0 Å². The van der Waals surface area contributed by atoms with E-state index in [0.717, 1.165) is 0 Å². The van der Waals surface area contributed by atoms with Gasteiger partial charge in [0.2, 0.25) is 0 Å². The summed E-state index contributed by atoms with van der Waals surface area (Å²) in [5.41, 5.74) is 0.0105. The number of ether oxygens (including phenoxy) is 2. The second-order valence-electron chi connectivity index (χ2n) is 6.91. The summed E-state index contributed by atoms with van der Waals surface area (Å²) in [4.78, 5) is 35.3. The number of benzene rings is 1. The number of carbonyl (C=O) groups is 2. The van der Waals surface area contributed by atoms with Gasteiger partial charge in [0.15, 0.2) is 23.1 Å². The van der Waals surface area contributed by atoms with E-state index in [1.807, 2.05) is 0 Å². The average molecular weight is 422 g/mol. The van der Waals surface area contributed by atoms with Crippen LogP contribution < -0.4 is 19.7 Å². The molecular weight excluding hydrogens is 403 g/mol. The van der Waals surface area contributed by atoms with Crippen LogP contribution in [0.2, 0.25) is 0 Å². The molecule has 0 fully saturated rings. The lowest BCUT2D eigenvalue weighted by atomic mass is 10.1. The van der Waals surface area contributed by atoms with E-state index in [0.29, 0.717) is 11.6 Å². The SMILES string of the molecule is CC1Oc2cccnc2N(C)C(=O)C1NC(=O)c1cc(Oc2ccccc2F)ccn1. The minimum absolute atomic E-state index is 0.0105. The first-order valence-corrected chi connectivity index (χ1v) is 9.52. The summed E-state index contributed by atoms with van der Waals surface area (Å²) in [6.45, 7) is 1.68. The number of amides is 2. The van der Waals surface area contributed by atoms with Crippen LogP contribution in [0, 0.1) is 5.82 Å². The molecule has 2 atom stereocenters. The standard InChI is InChI=1S/C22H19FN4O4/c1-13-19(22(29)27(2)20-18(30-13)8-5-10-25-20)26-21(28)16-12-14(9-11-24-16)31-17-7-4-3-6-15(17)23/h3-13,19H,1-2H3,(H,26,28). The molecule has 1 N–H and O–H groups in total. The van der Waals surface area contributed by atoms with Crippen molar-refractivity contribution in [1.29, 1.82) is 0 Å². The van der Waals surface area contributed by atoms with Crippen LogP contribution in [0.4, 0.5) is 10.2 Å². The van der Waals surface area contributed by atoms with Gasteiger partial charge in [0.25, 0.3) is 11.8 Å². The molecular formula is C22H19FN4O4. The number of anilines is 1. The highest BCUT2D eigenvalue weighted by atomic mass is 19.1. The molecule has 9 heteroatoms. The van der Waals surface area contributed by atoms with E-state index in [4.69, 9.17) is 9.47 Å². The molecule has 0 bridgehead atoms. The van der Waals surface area contributed by atoms with Crippen molar-refractivity contribution >= 4 is 17.6 Å². The lowest BCUT2D eigenvalue weighted by molar-refractivity contribution is -0.121. The Kier molecular flexibility index (Phi) is 5.48. The second-order valence-corrected chi connectivity index (χ2v) is 6.91. The molecule has 2 aromatic heterocycles. The summed E-state index contributed by atoms with van der Waals surface area (Å²) < 4.78 is 25.2. The first-order chi connectivity index (χ1) is 14.9. The van der Waals surface area contributed by atoms with Gasteiger partial charge < -0.3 is 14.8 Å². The number of para-hydroxylation sites is 1. The Hall–Kier alpha value is -4.01. The van der Waals surface area contributed by atoms with Gasteiger partial charge in [-0.1, -0.05) is 12.1 Å². The normalized spacial score (nSPS) is 17.9. The number of hydrogen-bond acceptors (Lipinski definition) is 6. The van der Waals surface area contributed by atoms with E-state index in [2.05, 4.69) is 15.3 Å². The maximum absolute atomic E-state index is 13.8. The predicted molar refractivity (Wildman–Crippen MR) is 110 cm³/mol. The maximum Gasteiger partial charge on any atom is 0.270 e. The highest BCUT2D eigenvalue weighted by Crippen LogP contribution is 2.30. The van der Waals surface area contributed by atoms with Crippen LogP contribution in [-0.4, -0.2) is 41.0 Å². The number of aromatic nitrogens is 2. The smallest absolute Gasteiger partial charge is 0.270 e. The third-order valence-corrected chi connectivity index (χ3v) is 4.76. The monoisotopic (exact) mass is 422 g/mol. The zero-order valence-electron chi connectivity index (χ0n) is 16.8. The fraction of sp³-hybridized carbons (Fsp3) is 0.182. The molecule has 31 heavy (non-hydrogen) atoms. The van der Waals surface area contributed by atoms with Crippen molar-refractivity contribution in [2.45, 2.75) is 19.1 Å². The average Bonchev–Trinajstić information content (AvgIpc) is 2.86. The third kappa shape index (κ3) is 4.16. The molecule has 2 unspecified atom stereocenters. The van der Waals surface area contributed by atoms with Crippen LogP contribution in [0.5, 0.6) is 17.2 Å². The van der Waals surface area contributed by atoms with Gasteiger partial charge in [0.1, 0.15) is 23.6 Å². The van der Waals surface area contributed by atoms with Crippen LogP contribution in [0.25, 0.3) is 0 Å². The summed E-state index contributed by atoms with van der Waals surface area (Å²) in [5.74, 6) is -0.437. The fourth-order valence-electron chi connectivity index (χ4n) is 3.16. The van der Waals surface area contributed by atoms with Gasteiger partial charge >= 0.3 is 0 Å². The minimum Gasteiger partial charge on any atom is -0.484 e. The van der Waals surface area contributed by atoms with E-state index in [1.165, 1.54) is 35.4 Å². The van der Waals surface area contributed by atoms with Crippen molar-refractivity contribution < 1.29 is 23.5 Å². The second kappa shape index (κ2) is 8.39. The number of nitrogens with one attached hydrogen (secondary N) is 1. The molecule has 0 saturated heterocycles. The van der Waals surface area contributed by atoms with Crippen molar-refractivity contribution in [3.63, 3.8) is 0 Å². The first-order valence-electron chi connectivity index (χ1n) is 9.52. The summed E-state index contributed by atoms with van der Waals surface area (Å²) in [6, 6.07) is 11.2. The van der Waals surface area contributed by atoms with Gasteiger partial charge in [-0.3, -0.25) is 19.5 Å². The molecule has 0 aliphatic carbocycles. The van der Waals surface area contributed by atoms with Crippen molar-refractivity contribution in [3.05, 3.63) is 72.4 Å². The maximum atomic E-state index is 13.8. The zero-order chi connectivity index (χ0) is 22.0. The van der Waals surface area contributed by atoms with Crippen molar-refractivity contribution in [2.24, 2.45) is 0 Å². The quantitative estimate of drug-likeness (QED) is 0.695. The van der Waals surface area contributed by atoms with Gasteiger partial charge in [0, 0.05) is 25.5 Å². The van der Waals surface area contributed by atoms with E-state index in [-0.39, 0.29) is 23.1 Å². The number of carbonyl (C=O) groups excluding carboxylic acids is 2. The molecule has 8 nitrogen and oxygen atoms in total. The van der Waals surface area contributed by atoms with E-state index in [1.54, 1.807) is 44.4 Å². The zero-order valence-corrected chi connectivity index (χ0v) is 16.8. The lowest BCUT2D eigenvalue weighted by Gasteiger charge is -2.23. The number of hydrogen-bond donors (Lipinski definition) is 1. The van der Waals surface area contributed by atoms with Crippen molar-refractivity contribution in [2.75, 3.05) is 11.9 Å². The number of nitrogens with zero attached hydrogens (tertiary/aromatic N) is 3. The van der Waals surface area contributed by atoms with E-state index in [9.17, 15) is 14.0 Å². The number of rotatable bonds is 4. The molecule has 0 saturated carbocycles. The lowest BCUT2D eigenvalue weighted by Crippen LogP contribution is -2.53.